The van der Waals surface area contributed by atoms with Crippen molar-refractivity contribution in [3.05, 3.63) is 62.3 Å². The zero-order chi connectivity index (χ0) is 19.8. The molecule has 1 atom stereocenters. The molecule has 1 saturated heterocycles. The maximum absolute atomic E-state index is 15.0. The van der Waals surface area contributed by atoms with Crippen molar-refractivity contribution in [3.63, 3.8) is 0 Å². The van der Waals surface area contributed by atoms with Crippen LogP contribution in [0.3, 0.4) is 0 Å². The molecule has 8 heteroatoms. The number of aryl methyl sites for hydroxylation is 1. The highest BCUT2D eigenvalue weighted by Crippen LogP contribution is 2.29. The highest BCUT2D eigenvalue weighted by Gasteiger charge is 2.24. The molecular weight excluding hydrogens is 381 g/mol. The molecule has 0 spiro atoms. The summed E-state index contributed by atoms with van der Waals surface area (Å²) in [7, 11) is 0. The highest BCUT2D eigenvalue weighted by atomic mass is 32.1. The van der Waals surface area contributed by atoms with Crippen LogP contribution in [0.5, 0.6) is 0 Å². The van der Waals surface area contributed by atoms with E-state index in [0.717, 1.165) is 6.54 Å². The molecule has 1 aliphatic rings. The Morgan fingerprint density at radius 3 is 2.93 bits per heavy atom. The van der Waals surface area contributed by atoms with Crippen molar-refractivity contribution in [2.45, 2.75) is 19.5 Å². The molecule has 1 aliphatic heterocycles. The van der Waals surface area contributed by atoms with E-state index in [9.17, 15) is 19.1 Å². The molecule has 0 radical (unpaired) electrons. The number of piperazine rings is 1. The second kappa shape index (κ2) is 7.37. The fraction of sp³-hybridized carbons (Fsp3) is 0.300. The molecule has 3 heterocycles. The van der Waals surface area contributed by atoms with Crippen LogP contribution in [-0.2, 0) is 6.54 Å². The van der Waals surface area contributed by atoms with E-state index in [2.05, 4.69) is 16.8 Å². The molecule has 146 valence electrons. The van der Waals surface area contributed by atoms with Gasteiger partial charge in [0.15, 0.2) is 0 Å². The quantitative estimate of drug-likeness (QED) is 0.703. The number of nitrogens with one attached hydrogen (secondary N) is 1. The van der Waals surface area contributed by atoms with Gasteiger partial charge in [-0.2, -0.15) is 11.3 Å². The van der Waals surface area contributed by atoms with Crippen LogP contribution in [0.1, 0.15) is 28.9 Å². The molecule has 1 unspecified atom stereocenters. The first-order chi connectivity index (χ1) is 13.5. The minimum Gasteiger partial charge on any atom is -0.477 e. The van der Waals surface area contributed by atoms with Gasteiger partial charge in [-0.3, -0.25) is 4.79 Å². The molecule has 2 aromatic heterocycles. The summed E-state index contributed by atoms with van der Waals surface area (Å²) in [6.07, 6.45) is 1.33. The van der Waals surface area contributed by atoms with Gasteiger partial charge in [0.25, 0.3) is 0 Å². The van der Waals surface area contributed by atoms with Crippen molar-refractivity contribution in [1.29, 1.82) is 0 Å². The van der Waals surface area contributed by atoms with Crippen LogP contribution in [0.4, 0.5) is 10.1 Å². The van der Waals surface area contributed by atoms with Crippen molar-refractivity contribution in [3.8, 4) is 0 Å². The van der Waals surface area contributed by atoms with Gasteiger partial charge >= 0.3 is 5.97 Å². The number of halogens is 1. The van der Waals surface area contributed by atoms with Gasteiger partial charge in [0.2, 0.25) is 5.43 Å². The second-order valence-electron chi connectivity index (χ2n) is 6.79. The summed E-state index contributed by atoms with van der Waals surface area (Å²) in [5.41, 5.74) is 1.14. The van der Waals surface area contributed by atoms with Crippen LogP contribution in [0.25, 0.3) is 10.9 Å². The fourth-order valence-corrected chi connectivity index (χ4v) is 4.44. The Labute approximate surface area is 164 Å². The summed E-state index contributed by atoms with van der Waals surface area (Å²) in [4.78, 5) is 25.8. The lowest BCUT2D eigenvalue weighted by atomic mass is 10.1. The average Bonchev–Trinajstić information content (AvgIpc) is 3.23. The van der Waals surface area contributed by atoms with Crippen molar-refractivity contribution in [2.24, 2.45) is 0 Å². The summed E-state index contributed by atoms with van der Waals surface area (Å²) in [6, 6.07) is 5.01. The van der Waals surface area contributed by atoms with Crippen LogP contribution >= 0.6 is 11.3 Å². The first-order valence-corrected chi connectivity index (χ1v) is 10.0. The number of fused-ring (bicyclic) bond motifs is 1. The van der Waals surface area contributed by atoms with Crippen LogP contribution in [-0.4, -0.2) is 35.3 Å². The minimum absolute atomic E-state index is 0.0903. The number of thiophene rings is 1. The Hall–Kier alpha value is -2.71. The molecule has 6 nitrogen and oxygen atoms in total. The number of rotatable bonds is 4. The number of pyridine rings is 1. The SMILES string of the molecule is CCn1cc(C(=O)O)c(=O)c2cc(F)c(N3CCNC(c4ccsc4)C3)cc21. The lowest BCUT2D eigenvalue weighted by Gasteiger charge is -2.35. The van der Waals surface area contributed by atoms with Crippen molar-refractivity contribution >= 4 is 33.9 Å². The standard InChI is InChI=1S/C20H20FN3O3S/c1-2-23-9-14(20(26)27)19(25)13-7-15(21)18(8-17(13)23)24-5-4-22-16(10-24)12-3-6-28-11-12/h3,6-9,11,16,22H,2,4-5,10H2,1H3,(H,26,27). The monoisotopic (exact) mass is 401 g/mol. The van der Waals surface area contributed by atoms with E-state index in [-0.39, 0.29) is 17.0 Å². The summed E-state index contributed by atoms with van der Waals surface area (Å²) in [6.45, 7) is 4.31. The van der Waals surface area contributed by atoms with E-state index in [1.54, 1.807) is 22.0 Å². The largest absolute Gasteiger partial charge is 0.477 e. The van der Waals surface area contributed by atoms with Crippen molar-refractivity contribution < 1.29 is 14.3 Å². The van der Waals surface area contributed by atoms with E-state index in [0.29, 0.717) is 30.8 Å². The van der Waals surface area contributed by atoms with Crippen molar-refractivity contribution in [2.75, 3.05) is 24.5 Å². The number of aromatic nitrogens is 1. The Morgan fingerprint density at radius 2 is 2.25 bits per heavy atom. The molecule has 28 heavy (non-hydrogen) atoms. The zero-order valence-electron chi connectivity index (χ0n) is 15.3. The third-order valence-corrected chi connectivity index (χ3v) is 5.88. The Balaban J connectivity index is 1.80. The van der Waals surface area contributed by atoms with E-state index >= 15 is 0 Å². The first kappa shape index (κ1) is 18.6. The normalized spacial score (nSPS) is 17.2. The topological polar surface area (TPSA) is 74.6 Å². The van der Waals surface area contributed by atoms with Crippen LogP contribution in [0, 0.1) is 5.82 Å². The van der Waals surface area contributed by atoms with Gasteiger partial charge in [-0.15, -0.1) is 0 Å². The number of carboxylic acids is 1. The molecule has 3 aromatic rings. The van der Waals surface area contributed by atoms with Gasteiger partial charge in [0.1, 0.15) is 11.4 Å². The van der Waals surface area contributed by atoms with Gasteiger partial charge in [-0.05, 0) is 41.4 Å². The zero-order valence-corrected chi connectivity index (χ0v) is 16.1. The van der Waals surface area contributed by atoms with Gasteiger partial charge in [-0.1, -0.05) is 0 Å². The molecule has 0 amide bonds. The van der Waals surface area contributed by atoms with Crippen LogP contribution in [0.2, 0.25) is 0 Å². The number of hydrogen-bond acceptors (Lipinski definition) is 5. The van der Waals surface area contributed by atoms with Gasteiger partial charge < -0.3 is 19.9 Å². The number of anilines is 1. The average molecular weight is 401 g/mol. The van der Waals surface area contributed by atoms with E-state index in [1.165, 1.54) is 17.8 Å². The maximum Gasteiger partial charge on any atom is 0.341 e. The second-order valence-corrected chi connectivity index (χ2v) is 7.57. The Morgan fingerprint density at radius 1 is 1.43 bits per heavy atom. The summed E-state index contributed by atoms with van der Waals surface area (Å²) in [5, 5.41) is 16.9. The summed E-state index contributed by atoms with van der Waals surface area (Å²) >= 11 is 1.63. The van der Waals surface area contributed by atoms with Crippen molar-refractivity contribution in [1.82, 2.24) is 9.88 Å². The molecule has 0 aliphatic carbocycles. The lowest BCUT2D eigenvalue weighted by molar-refractivity contribution is 0.0695. The van der Waals surface area contributed by atoms with Gasteiger partial charge in [-0.25, -0.2) is 9.18 Å². The third kappa shape index (κ3) is 3.18. The van der Waals surface area contributed by atoms with Crippen LogP contribution < -0.4 is 15.6 Å². The molecular formula is C20H20FN3O3S. The number of aromatic carboxylic acids is 1. The van der Waals surface area contributed by atoms with E-state index < -0.39 is 17.2 Å². The maximum atomic E-state index is 15.0. The number of carbonyl (C=O) groups is 1. The molecule has 0 saturated carbocycles. The summed E-state index contributed by atoms with van der Waals surface area (Å²) < 4.78 is 16.6. The molecule has 4 rings (SSSR count). The molecule has 0 bridgehead atoms. The van der Waals surface area contributed by atoms with E-state index in [1.807, 2.05) is 17.2 Å². The predicted molar refractivity (Wildman–Crippen MR) is 108 cm³/mol. The Bertz CT molecular complexity index is 1090. The third-order valence-electron chi connectivity index (χ3n) is 5.18. The first-order valence-electron chi connectivity index (χ1n) is 9.10. The highest BCUT2D eigenvalue weighted by molar-refractivity contribution is 7.08. The van der Waals surface area contributed by atoms with Gasteiger partial charge in [0.05, 0.1) is 17.2 Å². The number of carboxylic acid groups (broad SMARTS) is 1. The van der Waals surface area contributed by atoms with Gasteiger partial charge in [0, 0.05) is 37.8 Å². The lowest BCUT2D eigenvalue weighted by Crippen LogP contribution is -2.46. The molecule has 1 aromatic carbocycles. The minimum atomic E-state index is -1.31. The Kier molecular flexibility index (Phi) is 4.91. The number of hydrogen-bond donors (Lipinski definition) is 2. The number of nitrogens with zero attached hydrogens (tertiary/aromatic N) is 2. The molecule has 2 N–H and O–H groups in total. The molecule has 1 fully saturated rings. The summed E-state index contributed by atoms with van der Waals surface area (Å²) in [5.74, 6) is -1.82. The smallest absolute Gasteiger partial charge is 0.341 e. The van der Waals surface area contributed by atoms with E-state index in [4.69, 9.17) is 0 Å². The fourth-order valence-electron chi connectivity index (χ4n) is 3.72. The predicted octanol–water partition coefficient (Wildman–Crippen LogP) is 3.07. The van der Waals surface area contributed by atoms with Crippen LogP contribution in [0.15, 0.2) is 40.0 Å². The number of benzene rings is 1.